The Bertz CT molecular complexity index is 542. The topological polar surface area (TPSA) is 38.8 Å². The lowest BCUT2D eigenvalue weighted by molar-refractivity contribution is -0.173. The van der Waals surface area contributed by atoms with E-state index < -0.39 is 11.2 Å². The van der Waals surface area contributed by atoms with E-state index in [4.69, 9.17) is 9.47 Å². The molecule has 0 aliphatic carbocycles. The zero-order valence-corrected chi connectivity index (χ0v) is 13.5. The van der Waals surface area contributed by atoms with Gasteiger partial charge in [0.1, 0.15) is 17.5 Å². The maximum Gasteiger partial charge on any atom is 0.341 e. The molecule has 116 valence electrons. The summed E-state index contributed by atoms with van der Waals surface area (Å²) in [4.78, 5) is 12.4. The molecule has 0 amide bonds. The molecule has 0 aromatic heterocycles. The zero-order chi connectivity index (χ0) is 16.1. The minimum absolute atomic E-state index is 0.181. The summed E-state index contributed by atoms with van der Waals surface area (Å²) >= 11 is 0. The third-order valence-corrected chi connectivity index (χ3v) is 4.54. The average Bonchev–Trinajstić information content (AvgIpc) is 3.02. The van der Waals surface area contributed by atoms with Crippen molar-refractivity contribution in [2.24, 2.45) is 5.41 Å². The number of carbonyl (C=O) groups is 1. The molecule has 1 saturated heterocycles. The van der Waals surface area contributed by atoms with E-state index in [0.29, 0.717) is 0 Å². The van der Waals surface area contributed by atoms with E-state index in [9.17, 15) is 9.18 Å². The van der Waals surface area contributed by atoms with Crippen molar-refractivity contribution in [3.63, 3.8) is 0 Å². The monoisotopic (exact) mass is 294 g/mol. The second-order valence-electron chi connectivity index (χ2n) is 7.31. The van der Waals surface area contributed by atoms with E-state index in [1.165, 1.54) is 12.1 Å². The Balaban J connectivity index is 2.10. The molecule has 0 saturated carbocycles. The number of benzene rings is 1. The van der Waals surface area contributed by atoms with E-state index in [1.807, 2.05) is 34.6 Å². The normalized spacial score (nSPS) is 25.6. The molecule has 2 atom stereocenters. The molecule has 1 fully saturated rings. The van der Waals surface area contributed by atoms with Crippen LogP contribution in [0.3, 0.4) is 0 Å². The number of epoxide rings is 1. The number of ether oxygens (including phenoxy) is 2. The zero-order valence-electron chi connectivity index (χ0n) is 13.5. The summed E-state index contributed by atoms with van der Waals surface area (Å²) in [5, 5.41) is 0. The minimum atomic E-state index is -0.986. The summed E-state index contributed by atoms with van der Waals surface area (Å²) in [6.45, 7) is 11.6. The molecule has 21 heavy (non-hydrogen) atoms. The van der Waals surface area contributed by atoms with Gasteiger partial charge in [-0.2, -0.15) is 0 Å². The highest BCUT2D eigenvalue weighted by molar-refractivity contribution is 5.83. The van der Waals surface area contributed by atoms with E-state index in [0.717, 1.165) is 5.56 Å². The van der Waals surface area contributed by atoms with Crippen LogP contribution >= 0.6 is 0 Å². The number of esters is 1. The van der Waals surface area contributed by atoms with E-state index in [1.54, 1.807) is 19.1 Å². The van der Waals surface area contributed by atoms with Crippen molar-refractivity contribution in [1.29, 1.82) is 0 Å². The van der Waals surface area contributed by atoms with Crippen LogP contribution in [0.4, 0.5) is 4.39 Å². The van der Waals surface area contributed by atoms with Gasteiger partial charge in [0.2, 0.25) is 0 Å². The van der Waals surface area contributed by atoms with E-state index in [2.05, 4.69) is 0 Å². The highest BCUT2D eigenvalue weighted by Gasteiger charge is 2.62. The van der Waals surface area contributed by atoms with E-state index >= 15 is 0 Å². The number of rotatable bonds is 3. The smallest absolute Gasteiger partial charge is 0.341 e. The highest BCUT2D eigenvalue weighted by Crippen LogP contribution is 2.51. The lowest BCUT2D eigenvalue weighted by Crippen LogP contribution is -2.44. The number of carbonyl (C=O) groups excluding carboxylic acids is 1. The molecule has 1 aliphatic heterocycles. The Labute approximate surface area is 125 Å². The van der Waals surface area contributed by atoms with Crippen LogP contribution in [0.5, 0.6) is 0 Å². The van der Waals surface area contributed by atoms with Crippen LogP contribution in [0.2, 0.25) is 0 Å². The second-order valence-corrected chi connectivity index (χ2v) is 7.31. The quantitative estimate of drug-likeness (QED) is 0.624. The summed E-state index contributed by atoms with van der Waals surface area (Å²) in [6, 6.07) is 5.99. The van der Waals surface area contributed by atoms with Gasteiger partial charge in [-0.15, -0.1) is 0 Å². The fourth-order valence-corrected chi connectivity index (χ4v) is 1.88. The van der Waals surface area contributed by atoms with Gasteiger partial charge in [0.25, 0.3) is 0 Å². The van der Waals surface area contributed by atoms with Crippen LogP contribution in [0.1, 0.15) is 53.2 Å². The fourth-order valence-electron chi connectivity index (χ4n) is 1.88. The molecule has 1 aliphatic rings. The molecule has 0 radical (unpaired) electrons. The van der Waals surface area contributed by atoms with Gasteiger partial charge in [0.05, 0.1) is 0 Å². The molecule has 0 spiro atoms. The lowest BCUT2D eigenvalue weighted by atomic mass is 9.79. The molecule has 0 bridgehead atoms. The SMILES string of the molecule is CC1(C(=O)OC(C)(C)C(C)(C)C)OC1c1ccc(F)cc1. The minimum Gasteiger partial charge on any atom is -0.457 e. The summed E-state index contributed by atoms with van der Waals surface area (Å²) in [5.41, 5.74) is -0.990. The van der Waals surface area contributed by atoms with Crippen LogP contribution in [0.15, 0.2) is 24.3 Å². The number of hydrogen-bond acceptors (Lipinski definition) is 3. The largest absolute Gasteiger partial charge is 0.457 e. The van der Waals surface area contributed by atoms with Gasteiger partial charge < -0.3 is 9.47 Å². The molecule has 1 aromatic rings. The first-order valence-corrected chi connectivity index (χ1v) is 7.14. The third kappa shape index (κ3) is 2.95. The maximum absolute atomic E-state index is 12.9. The summed E-state index contributed by atoms with van der Waals surface area (Å²) < 4.78 is 24.2. The average molecular weight is 294 g/mol. The fraction of sp³-hybridized carbons (Fsp3) is 0.588. The molecular formula is C17H23FO3. The van der Waals surface area contributed by atoms with Crippen LogP contribution in [0.25, 0.3) is 0 Å². The highest BCUT2D eigenvalue weighted by atomic mass is 19.1. The van der Waals surface area contributed by atoms with Crippen molar-refractivity contribution in [2.75, 3.05) is 0 Å². The van der Waals surface area contributed by atoms with Crippen LogP contribution in [-0.4, -0.2) is 17.2 Å². The van der Waals surface area contributed by atoms with E-state index in [-0.39, 0.29) is 23.3 Å². The second kappa shape index (κ2) is 4.80. The third-order valence-electron chi connectivity index (χ3n) is 4.54. The van der Waals surface area contributed by atoms with Crippen molar-refractivity contribution in [1.82, 2.24) is 0 Å². The predicted molar refractivity (Wildman–Crippen MR) is 78.3 cm³/mol. The maximum atomic E-state index is 12.9. The lowest BCUT2D eigenvalue weighted by Gasteiger charge is -2.38. The van der Waals surface area contributed by atoms with Crippen molar-refractivity contribution in [2.45, 2.75) is 58.8 Å². The molecule has 1 heterocycles. The molecule has 1 aromatic carbocycles. The standard InChI is InChI=1S/C17H23FO3/c1-15(2,3)16(4,5)21-14(19)17(6)13(20-17)11-7-9-12(18)10-8-11/h7-10,13H,1-6H3. The van der Waals surface area contributed by atoms with Crippen molar-refractivity contribution in [3.8, 4) is 0 Å². The molecule has 3 nitrogen and oxygen atoms in total. The summed E-state index contributed by atoms with van der Waals surface area (Å²) in [6.07, 6.45) is -0.374. The van der Waals surface area contributed by atoms with Crippen molar-refractivity contribution < 1.29 is 18.7 Å². The Morgan fingerprint density at radius 1 is 1.19 bits per heavy atom. The van der Waals surface area contributed by atoms with Crippen LogP contribution in [0, 0.1) is 11.2 Å². The first-order valence-electron chi connectivity index (χ1n) is 7.14. The van der Waals surface area contributed by atoms with Crippen molar-refractivity contribution >= 4 is 5.97 Å². The molecule has 2 rings (SSSR count). The predicted octanol–water partition coefficient (Wildman–Crippen LogP) is 4.02. The molecule has 4 heteroatoms. The Morgan fingerprint density at radius 3 is 2.19 bits per heavy atom. The van der Waals surface area contributed by atoms with Gasteiger partial charge in [-0.05, 0) is 38.5 Å². The first kappa shape index (κ1) is 16.0. The summed E-state index contributed by atoms with van der Waals surface area (Å²) in [5.74, 6) is -0.686. The first-order chi connectivity index (χ1) is 9.47. The van der Waals surface area contributed by atoms with Gasteiger partial charge in [-0.3, -0.25) is 0 Å². The van der Waals surface area contributed by atoms with Crippen LogP contribution < -0.4 is 0 Å². The number of hydrogen-bond donors (Lipinski definition) is 0. The Morgan fingerprint density at radius 2 is 1.71 bits per heavy atom. The van der Waals surface area contributed by atoms with Gasteiger partial charge >= 0.3 is 5.97 Å². The van der Waals surface area contributed by atoms with Gasteiger partial charge in [-0.1, -0.05) is 32.9 Å². The van der Waals surface area contributed by atoms with Crippen molar-refractivity contribution in [3.05, 3.63) is 35.6 Å². The summed E-state index contributed by atoms with van der Waals surface area (Å²) in [7, 11) is 0. The molecule has 0 N–H and O–H groups in total. The molecule has 2 unspecified atom stereocenters. The van der Waals surface area contributed by atoms with Gasteiger partial charge in [0, 0.05) is 5.41 Å². The van der Waals surface area contributed by atoms with Gasteiger partial charge in [-0.25, -0.2) is 9.18 Å². The Hall–Kier alpha value is -1.42. The Kier molecular flexibility index (Phi) is 3.65. The number of halogens is 1. The van der Waals surface area contributed by atoms with Gasteiger partial charge in [0.15, 0.2) is 5.60 Å². The molecular weight excluding hydrogens is 271 g/mol. The van der Waals surface area contributed by atoms with Crippen LogP contribution in [-0.2, 0) is 14.3 Å².